The molecule has 1 aromatic rings. The van der Waals surface area contributed by atoms with Crippen molar-refractivity contribution in [1.82, 2.24) is 20.1 Å². The third kappa shape index (κ3) is 1.91. The van der Waals surface area contributed by atoms with Crippen molar-refractivity contribution in [3.05, 3.63) is 11.6 Å². The maximum absolute atomic E-state index is 4.35. The molecule has 0 amide bonds. The van der Waals surface area contributed by atoms with Gasteiger partial charge in [0, 0.05) is 24.9 Å². The van der Waals surface area contributed by atoms with E-state index in [1.807, 2.05) is 7.05 Å². The maximum atomic E-state index is 4.35. The molecule has 0 aliphatic carbocycles. The molecule has 0 bridgehead atoms. The Hall–Kier alpha value is -0.900. The van der Waals surface area contributed by atoms with Crippen molar-refractivity contribution in [1.29, 1.82) is 0 Å². The van der Waals surface area contributed by atoms with Gasteiger partial charge < -0.3 is 9.88 Å². The summed E-state index contributed by atoms with van der Waals surface area (Å²) in [6.07, 6.45) is 2.48. The SMILES string of the molecule is CNCC1CCCn2c(C(C)C)nnc21. The summed E-state index contributed by atoms with van der Waals surface area (Å²) in [5.41, 5.74) is 0. The second-order valence-corrected chi connectivity index (χ2v) is 4.62. The van der Waals surface area contributed by atoms with E-state index in [0.717, 1.165) is 18.9 Å². The molecule has 4 nitrogen and oxygen atoms in total. The molecule has 0 saturated heterocycles. The van der Waals surface area contributed by atoms with Gasteiger partial charge in [0.15, 0.2) is 0 Å². The van der Waals surface area contributed by atoms with Crippen LogP contribution in [0.5, 0.6) is 0 Å². The van der Waals surface area contributed by atoms with Gasteiger partial charge >= 0.3 is 0 Å². The minimum absolute atomic E-state index is 0.472. The predicted octanol–water partition coefficient (Wildman–Crippen LogP) is 1.50. The van der Waals surface area contributed by atoms with E-state index >= 15 is 0 Å². The van der Waals surface area contributed by atoms with Crippen LogP contribution in [0, 0.1) is 0 Å². The number of nitrogens with one attached hydrogen (secondary N) is 1. The lowest BCUT2D eigenvalue weighted by molar-refractivity contribution is 0.422. The van der Waals surface area contributed by atoms with Crippen molar-refractivity contribution < 1.29 is 0 Å². The fourth-order valence-electron chi connectivity index (χ4n) is 2.35. The summed E-state index contributed by atoms with van der Waals surface area (Å²) in [5, 5.41) is 11.9. The lowest BCUT2D eigenvalue weighted by atomic mass is 9.98. The third-order valence-electron chi connectivity index (χ3n) is 3.07. The first kappa shape index (κ1) is 10.6. The van der Waals surface area contributed by atoms with Gasteiger partial charge in [-0.05, 0) is 19.9 Å². The Balaban J connectivity index is 2.29. The summed E-state index contributed by atoms with van der Waals surface area (Å²) in [6.45, 7) is 6.46. The molecule has 1 aromatic heterocycles. The second-order valence-electron chi connectivity index (χ2n) is 4.62. The number of hydrogen-bond donors (Lipinski definition) is 1. The Morgan fingerprint density at radius 3 is 2.93 bits per heavy atom. The third-order valence-corrected chi connectivity index (χ3v) is 3.07. The van der Waals surface area contributed by atoms with Crippen LogP contribution in [0.4, 0.5) is 0 Å². The second kappa shape index (κ2) is 4.31. The zero-order chi connectivity index (χ0) is 10.8. The summed E-state index contributed by atoms with van der Waals surface area (Å²) in [7, 11) is 2.00. The predicted molar refractivity (Wildman–Crippen MR) is 60.0 cm³/mol. The molecule has 0 spiro atoms. The van der Waals surface area contributed by atoms with Gasteiger partial charge in [-0.25, -0.2) is 0 Å². The van der Waals surface area contributed by atoms with E-state index in [9.17, 15) is 0 Å². The average Bonchev–Trinajstić information content (AvgIpc) is 2.62. The van der Waals surface area contributed by atoms with Crippen molar-refractivity contribution in [3.8, 4) is 0 Å². The molecule has 1 N–H and O–H groups in total. The molecule has 15 heavy (non-hydrogen) atoms. The highest BCUT2D eigenvalue weighted by atomic mass is 15.3. The molecule has 1 unspecified atom stereocenters. The molecular weight excluding hydrogens is 188 g/mol. The van der Waals surface area contributed by atoms with Crippen LogP contribution in [-0.4, -0.2) is 28.4 Å². The summed E-state index contributed by atoms with van der Waals surface area (Å²) in [6, 6.07) is 0. The van der Waals surface area contributed by atoms with E-state index < -0.39 is 0 Å². The topological polar surface area (TPSA) is 42.7 Å². The Bertz CT molecular complexity index is 329. The Morgan fingerprint density at radius 1 is 1.47 bits per heavy atom. The summed E-state index contributed by atoms with van der Waals surface area (Å²) in [4.78, 5) is 0. The van der Waals surface area contributed by atoms with Gasteiger partial charge in [-0.15, -0.1) is 10.2 Å². The van der Waals surface area contributed by atoms with E-state index in [1.54, 1.807) is 0 Å². The molecule has 0 fully saturated rings. The van der Waals surface area contributed by atoms with Crippen molar-refractivity contribution in [2.24, 2.45) is 0 Å². The van der Waals surface area contributed by atoms with Gasteiger partial charge in [-0.1, -0.05) is 13.8 Å². The number of fused-ring (bicyclic) bond motifs is 1. The fraction of sp³-hybridized carbons (Fsp3) is 0.818. The van der Waals surface area contributed by atoms with E-state index in [-0.39, 0.29) is 0 Å². The van der Waals surface area contributed by atoms with Crippen LogP contribution >= 0.6 is 0 Å². The highest BCUT2D eigenvalue weighted by Crippen LogP contribution is 2.27. The van der Waals surface area contributed by atoms with E-state index in [4.69, 9.17) is 0 Å². The monoisotopic (exact) mass is 208 g/mol. The van der Waals surface area contributed by atoms with Crippen molar-refractivity contribution in [3.63, 3.8) is 0 Å². The van der Waals surface area contributed by atoms with Gasteiger partial charge in [0.2, 0.25) is 0 Å². The zero-order valence-corrected chi connectivity index (χ0v) is 9.82. The Morgan fingerprint density at radius 2 is 2.27 bits per heavy atom. The average molecular weight is 208 g/mol. The maximum Gasteiger partial charge on any atom is 0.137 e. The molecule has 4 heteroatoms. The van der Waals surface area contributed by atoms with Crippen LogP contribution in [-0.2, 0) is 6.54 Å². The first-order valence-electron chi connectivity index (χ1n) is 5.81. The normalized spacial score (nSPS) is 20.7. The highest BCUT2D eigenvalue weighted by Gasteiger charge is 2.25. The van der Waals surface area contributed by atoms with Crippen LogP contribution in [0.2, 0.25) is 0 Å². The Labute approximate surface area is 91.1 Å². The van der Waals surface area contributed by atoms with Gasteiger partial charge in [0.05, 0.1) is 0 Å². The fourth-order valence-corrected chi connectivity index (χ4v) is 2.35. The zero-order valence-electron chi connectivity index (χ0n) is 9.82. The molecule has 0 radical (unpaired) electrons. The van der Waals surface area contributed by atoms with E-state index in [2.05, 4.69) is 33.9 Å². The number of rotatable bonds is 3. The number of aromatic nitrogens is 3. The molecule has 2 heterocycles. The molecule has 1 aliphatic heterocycles. The van der Waals surface area contributed by atoms with Gasteiger partial charge in [0.1, 0.15) is 11.6 Å². The van der Waals surface area contributed by atoms with E-state index in [0.29, 0.717) is 11.8 Å². The number of likely N-dealkylation sites (N-methyl/N-ethyl adjacent to an activating group) is 1. The van der Waals surface area contributed by atoms with Gasteiger partial charge in [0.25, 0.3) is 0 Å². The standard InChI is InChI=1S/C11H20N4/c1-8(2)10-13-14-11-9(7-12-3)5-4-6-15(10)11/h8-9,12H,4-7H2,1-3H3. The van der Waals surface area contributed by atoms with Crippen molar-refractivity contribution in [2.45, 2.75) is 45.1 Å². The first-order valence-corrected chi connectivity index (χ1v) is 5.81. The smallest absolute Gasteiger partial charge is 0.137 e. The van der Waals surface area contributed by atoms with Crippen molar-refractivity contribution in [2.75, 3.05) is 13.6 Å². The molecule has 1 atom stereocenters. The highest BCUT2D eigenvalue weighted by molar-refractivity contribution is 5.08. The van der Waals surface area contributed by atoms with Crippen LogP contribution in [0.15, 0.2) is 0 Å². The van der Waals surface area contributed by atoms with Crippen LogP contribution in [0.1, 0.15) is 50.2 Å². The lowest BCUT2D eigenvalue weighted by Crippen LogP contribution is -2.25. The molecule has 2 rings (SSSR count). The largest absolute Gasteiger partial charge is 0.319 e. The van der Waals surface area contributed by atoms with Gasteiger partial charge in [-0.3, -0.25) is 0 Å². The van der Waals surface area contributed by atoms with Crippen LogP contribution in [0.25, 0.3) is 0 Å². The Kier molecular flexibility index (Phi) is 3.05. The lowest BCUT2D eigenvalue weighted by Gasteiger charge is -2.23. The number of nitrogens with zero attached hydrogens (tertiary/aromatic N) is 3. The molecule has 0 saturated carbocycles. The molecule has 1 aliphatic rings. The van der Waals surface area contributed by atoms with Crippen LogP contribution < -0.4 is 5.32 Å². The van der Waals surface area contributed by atoms with Crippen LogP contribution in [0.3, 0.4) is 0 Å². The minimum Gasteiger partial charge on any atom is -0.319 e. The molecule has 84 valence electrons. The minimum atomic E-state index is 0.472. The molecular formula is C11H20N4. The molecule has 0 aromatic carbocycles. The summed E-state index contributed by atoms with van der Waals surface area (Å²) < 4.78 is 2.32. The first-order chi connectivity index (χ1) is 7.24. The summed E-state index contributed by atoms with van der Waals surface area (Å²) >= 11 is 0. The van der Waals surface area contributed by atoms with Crippen molar-refractivity contribution >= 4 is 0 Å². The van der Waals surface area contributed by atoms with E-state index in [1.165, 1.54) is 18.7 Å². The summed E-state index contributed by atoms with van der Waals surface area (Å²) in [5.74, 6) is 3.34. The quantitative estimate of drug-likeness (QED) is 0.818. The number of hydrogen-bond acceptors (Lipinski definition) is 3. The van der Waals surface area contributed by atoms with Gasteiger partial charge in [-0.2, -0.15) is 0 Å².